The lowest BCUT2D eigenvalue weighted by Crippen LogP contribution is -2.22. The lowest BCUT2D eigenvalue weighted by Gasteiger charge is -2.35. The van der Waals surface area contributed by atoms with Crippen molar-refractivity contribution in [2.45, 2.75) is 72.2 Å². The molecule has 0 saturated carbocycles. The summed E-state index contributed by atoms with van der Waals surface area (Å²) in [5.41, 5.74) is 4.72. The Morgan fingerprint density at radius 1 is 1.30 bits per heavy atom. The molecule has 1 aromatic carbocycles. The van der Waals surface area contributed by atoms with Gasteiger partial charge in [0, 0.05) is 11.6 Å². The molecule has 3 rings (SSSR count). The topological polar surface area (TPSA) is 55.8 Å². The van der Waals surface area contributed by atoms with Crippen LogP contribution in [0.2, 0.25) is 0 Å². The smallest absolute Gasteiger partial charge is 0.333 e. The Bertz CT molecular complexity index is 755. The third-order valence-electron chi connectivity index (χ3n) is 5.78. The van der Waals surface area contributed by atoms with E-state index in [0.29, 0.717) is 11.0 Å². The first kappa shape index (κ1) is 19.7. The Morgan fingerprint density at radius 2 is 2.00 bits per heavy atom. The molecule has 0 spiro atoms. The van der Waals surface area contributed by atoms with Crippen LogP contribution in [0.15, 0.2) is 41.5 Å². The minimum Gasteiger partial charge on any atom is -0.491 e. The molecule has 0 bridgehead atoms. The highest BCUT2D eigenvalue weighted by Crippen LogP contribution is 2.42. The number of carbonyl (C=O) groups is 1. The van der Waals surface area contributed by atoms with E-state index in [4.69, 9.17) is 9.47 Å². The van der Waals surface area contributed by atoms with Crippen molar-refractivity contribution in [2.75, 3.05) is 0 Å². The maximum Gasteiger partial charge on any atom is 0.333 e. The summed E-state index contributed by atoms with van der Waals surface area (Å²) in [5.74, 6) is 0.280. The molecule has 1 aliphatic heterocycles. The van der Waals surface area contributed by atoms with Gasteiger partial charge in [-0.25, -0.2) is 4.79 Å². The molecule has 1 heterocycles. The summed E-state index contributed by atoms with van der Waals surface area (Å²) in [6.07, 6.45) is 6.12. The van der Waals surface area contributed by atoms with E-state index in [-0.39, 0.29) is 6.10 Å². The molecule has 1 N–H and O–H groups in total. The highest BCUT2D eigenvalue weighted by Gasteiger charge is 2.28. The molecule has 146 valence electrons. The largest absolute Gasteiger partial charge is 0.491 e. The van der Waals surface area contributed by atoms with Gasteiger partial charge in [-0.15, -0.1) is 0 Å². The summed E-state index contributed by atoms with van der Waals surface area (Å²) in [5, 5.41) is 9.74. The van der Waals surface area contributed by atoms with E-state index < -0.39 is 12.3 Å². The molecule has 4 nitrogen and oxygen atoms in total. The normalized spacial score (nSPS) is 23.1. The number of esters is 1. The third-order valence-corrected chi connectivity index (χ3v) is 5.78. The number of hydrogen-bond acceptors (Lipinski definition) is 4. The summed E-state index contributed by atoms with van der Waals surface area (Å²) < 4.78 is 10.8. The fourth-order valence-corrected chi connectivity index (χ4v) is 4.22. The number of ether oxygens (including phenoxy) is 2. The number of allylic oxidation sites excluding steroid dienone is 2. The van der Waals surface area contributed by atoms with Crippen LogP contribution in [-0.4, -0.2) is 23.5 Å². The van der Waals surface area contributed by atoms with Gasteiger partial charge in [0.15, 0.2) is 0 Å². The van der Waals surface area contributed by atoms with Gasteiger partial charge in [0.2, 0.25) is 6.29 Å². The van der Waals surface area contributed by atoms with Crippen molar-refractivity contribution < 1.29 is 19.4 Å². The zero-order valence-corrected chi connectivity index (χ0v) is 16.7. The molecule has 0 saturated heterocycles. The van der Waals surface area contributed by atoms with E-state index >= 15 is 0 Å². The number of aliphatic hydroxyl groups is 1. The molecule has 0 amide bonds. The second-order valence-electron chi connectivity index (χ2n) is 8.38. The summed E-state index contributed by atoms with van der Waals surface area (Å²) in [4.78, 5) is 11.2. The van der Waals surface area contributed by atoms with Gasteiger partial charge in [0.1, 0.15) is 5.75 Å². The zero-order chi connectivity index (χ0) is 19.6. The van der Waals surface area contributed by atoms with Gasteiger partial charge in [0.05, 0.1) is 6.10 Å². The van der Waals surface area contributed by atoms with E-state index in [1.165, 1.54) is 25.3 Å². The first-order chi connectivity index (χ1) is 12.8. The minimum atomic E-state index is -1.18. The monoisotopic (exact) mass is 370 g/mol. The summed E-state index contributed by atoms with van der Waals surface area (Å²) in [6, 6.07) is 7.43. The molecule has 0 radical (unpaired) electrons. The standard InChI is InChI=1S/C23H30O4/c1-15-6-5-13-23(3,4)20(15)12-7-16(2)26-18-10-8-17(9-11-18)19-14-21(24)27-22(19)25/h8-11,14,16,22,25H,5-7,12-13H2,1-4H3. The predicted octanol–water partition coefficient (Wildman–Crippen LogP) is 5.02. The molecule has 4 heteroatoms. The molecule has 2 aliphatic rings. The quantitative estimate of drug-likeness (QED) is 0.564. The predicted molar refractivity (Wildman–Crippen MR) is 106 cm³/mol. The Morgan fingerprint density at radius 3 is 2.59 bits per heavy atom. The van der Waals surface area contributed by atoms with Crippen LogP contribution in [0, 0.1) is 5.41 Å². The summed E-state index contributed by atoms with van der Waals surface area (Å²) in [7, 11) is 0. The van der Waals surface area contributed by atoms with E-state index in [9.17, 15) is 9.90 Å². The van der Waals surface area contributed by atoms with Crippen molar-refractivity contribution in [1.82, 2.24) is 0 Å². The molecule has 2 unspecified atom stereocenters. The van der Waals surface area contributed by atoms with Crippen LogP contribution < -0.4 is 4.74 Å². The molecule has 0 aromatic heterocycles. The second kappa shape index (κ2) is 7.89. The van der Waals surface area contributed by atoms with E-state index in [2.05, 4.69) is 27.7 Å². The molecular formula is C23H30O4. The molecular weight excluding hydrogens is 340 g/mol. The zero-order valence-electron chi connectivity index (χ0n) is 16.7. The number of benzene rings is 1. The van der Waals surface area contributed by atoms with Gasteiger partial charge < -0.3 is 14.6 Å². The first-order valence-corrected chi connectivity index (χ1v) is 9.83. The van der Waals surface area contributed by atoms with Crippen LogP contribution in [0.5, 0.6) is 5.75 Å². The van der Waals surface area contributed by atoms with E-state index in [1.54, 1.807) is 11.1 Å². The Kier molecular flexibility index (Phi) is 5.75. The SMILES string of the molecule is CC1=C(CCC(C)Oc2ccc(C3=CC(=O)OC3O)cc2)C(C)(C)CCC1. The van der Waals surface area contributed by atoms with Crippen LogP contribution in [0.4, 0.5) is 0 Å². The highest BCUT2D eigenvalue weighted by atomic mass is 16.6. The highest BCUT2D eigenvalue weighted by molar-refractivity contribution is 5.96. The number of cyclic esters (lactones) is 1. The molecule has 0 fully saturated rings. The number of hydrogen-bond donors (Lipinski definition) is 1. The number of carbonyl (C=O) groups excluding carboxylic acids is 1. The third kappa shape index (κ3) is 4.62. The van der Waals surface area contributed by atoms with Gasteiger partial charge in [-0.05, 0) is 69.1 Å². The van der Waals surface area contributed by atoms with Crippen molar-refractivity contribution >= 4 is 11.5 Å². The fourth-order valence-electron chi connectivity index (χ4n) is 4.22. The Labute approximate surface area is 161 Å². The summed E-state index contributed by atoms with van der Waals surface area (Å²) in [6.45, 7) is 9.10. The van der Waals surface area contributed by atoms with Crippen LogP contribution in [0.25, 0.3) is 5.57 Å². The number of rotatable bonds is 6. The number of aliphatic hydroxyl groups excluding tert-OH is 1. The Hall–Kier alpha value is -2.07. The van der Waals surface area contributed by atoms with Crippen molar-refractivity contribution in [3.05, 3.63) is 47.1 Å². The molecule has 2 atom stereocenters. The van der Waals surface area contributed by atoms with Crippen molar-refractivity contribution in [2.24, 2.45) is 5.41 Å². The van der Waals surface area contributed by atoms with Gasteiger partial charge in [-0.1, -0.05) is 37.1 Å². The minimum absolute atomic E-state index is 0.120. The molecule has 1 aliphatic carbocycles. The average molecular weight is 370 g/mol. The van der Waals surface area contributed by atoms with Crippen LogP contribution in [-0.2, 0) is 9.53 Å². The van der Waals surface area contributed by atoms with Crippen LogP contribution in [0.3, 0.4) is 0 Å². The van der Waals surface area contributed by atoms with Crippen LogP contribution in [0.1, 0.15) is 65.4 Å². The van der Waals surface area contributed by atoms with Crippen LogP contribution >= 0.6 is 0 Å². The van der Waals surface area contributed by atoms with Crippen molar-refractivity contribution in [3.63, 3.8) is 0 Å². The molecule has 27 heavy (non-hydrogen) atoms. The maximum atomic E-state index is 11.2. The second-order valence-corrected chi connectivity index (χ2v) is 8.38. The van der Waals surface area contributed by atoms with Gasteiger partial charge in [0.25, 0.3) is 0 Å². The van der Waals surface area contributed by atoms with Crippen molar-refractivity contribution in [3.8, 4) is 5.75 Å². The maximum absolute atomic E-state index is 11.2. The Balaban J connectivity index is 1.58. The average Bonchev–Trinajstić information content (AvgIpc) is 2.93. The lowest BCUT2D eigenvalue weighted by atomic mass is 9.71. The molecule has 1 aromatic rings. The summed E-state index contributed by atoms with van der Waals surface area (Å²) >= 11 is 0. The lowest BCUT2D eigenvalue weighted by molar-refractivity contribution is -0.149. The van der Waals surface area contributed by atoms with Gasteiger partial charge in [-0.2, -0.15) is 0 Å². The van der Waals surface area contributed by atoms with Gasteiger partial charge in [-0.3, -0.25) is 0 Å². The van der Waals surface area contributed by atoms with E-state index in [0.717, 1.165) is 24.2 Å². The first-order valence-electron chi connectivity index (χ1n) is 9.83. The van der Waals surface area contributed by atoms with E-state index in [1.807, 2.05) is 24.3 Å². The van der Waals surface area contributed by atoms with Crippen molar-refractivity contribution in [1.29, 1.82) is 0 Å². The fraction of sp³-hybridized carbons (Fsp3) is 0.522. The van der Waals surface area contributed by atoms with Gasteiger partial charge >= 0.3 is 5.97 Å².